The van der Waals surface area contributed by atoms with Gasteiger partial charge in [0.1, 0.15) is 0 Å². The number of ether oxygens (including phenoxy) is 1. The molecule has 0 bridgehead atoms. The molecule has 0 aromatic carbocycles. The third kappa shape index (κ3) is 51.8. The van der Waals surface area contributed by atoms with Crippen LogP contribution >= 0.6 is 0 Å². The lowest BCUT2D eigenvalue weighted by molar-refractivity contribution is -0.143. The normalized spacial score (nSPS) is 12.6. The summed E-state index contributed by atoms with van der Waals surface area (Å²) in [6.07, 6.45) is 65.0. The van der Waals surface area contributed by atoms with E-state index in [1.807, 2.05) is 0 Å². The van der Waals surface area contributed by atoms with Crippen molar-refractivity contribution < 1.29 is 24.5 Å². The molecule has 2 atom stereocenters. The number of unbranched alkanes of at least 4 members (excludes halogenated alkanes) is 42. The van der Waals surface area contributed by atoms with Crippen molar-refractivity contribution in [1.82, 2.24) is 5.32 Å². The Hall–Kier alpha value is -1.40. The first-order valence-electron chi connectivity index (χ1n) is 29.4. The third-order valence-electron chi connectivity index (χ3n) is 13.8. The molecular formula is C59H115NO5. The van der Waals surface area contributed by atoms with Gasteiger partial charge >= 0.3 is 5.97 Å². The first-order chi connectivity index (χ1) is 32.0. The van der Waals surface area contributed by atoms with Gasteiger partial charge in [0.05, 0.1) is 25.4 Å². The smallest absolute Gasteiger partial charge is 0.305 e. The maximum absolute atomic E-state index is 12.4. The number of aliphatic hydroxyl groups is 2. The van der Waals surface area contributed by atoms with Gasteiger partial charge in [-0.1, -0.05) is 276 Å². The van der Waals surface area contributed by atoms with E-state index in [0.717, 1.165) is 51.4 Å². The molecule has 0 aliphatic carbocycles. The van der Waals surface area contributed by atoms with Crippen LogP contribution in [0.1, 0.15) is 328 Å². The van der Waals surface area contributed by atoms with Crippen molar-refractivity contribution in [2.75, 3.05) is 13.2 Å². The minimum absolute atomic E-state index is 0.00811. The maximum Gasteiger partial charge on any atom is 0.305 e. The van der Waals surface area contributed by atoms with Crippen LogP contribution in [0.25, 0.3) is 0 Å². The highest BCUT2D eigenvalue weighted by Crippen LogP contribution is 2.17. The number of aliphatic hydroxyl groups excluding tert-OH is 2. The molecule has 6 nitrogen and oxygen atoms in total. The molecule has 65 heavy (non-hydrogen) atoms. The summed E-state index contributed by atoms with van der Waals surface area (Å²) < 4.78 is 5.49. The Balaban J connectivity index is 3.39. The molecule has 0 fully saturated rings. The fourth-order valence-corrected chi connectivity index (χ4v) is 9.28. The fraction of sp³-hybridized carbons (Fsp3) is 0.932. The number of amides is 1. The molecule has 0 saturated carbocycles. The number of carbonyl (C=O) groups is 2. The lowest BCUT2D eigenvalue weighted by Crippen LogP contribution is -2.45. The molecule has 0 heterocycles. The summed E-state index contributed by atoms with van der Waals surface area (Å²) in [6.45, 7) is 4.95. The molecule has 0 rings (SSSR count). The van der Waals surface area contributed by atoms with Crippen molar-refractivity contribution in [3.8, 4) is 0 Å². The highest BCUT2D eigenvalue weighted by atomic mass is 16.5. The number of allylic oxidation sites excluding steroid dienone is 2. The van der Waals surface area contributed by atoms with E-state index in [9.17, 15) is 19.8 Å². The summed E-state index contributed by atoms with van der Waals surface area (Å²) in [5, 5.41) is 23.2. The van der Waals surface area contributed by atoms with E-state index in [-0.39, 0.29) is 18.5 Å². The lowest BCUT2D eigenvalue weighted by atomic mass is 10.0. The van der Waals surface area contributed by atoms with Gasteiger partial charge in [-0.3, -0.25) is 9.59 Å². The minimum Gasteiger partial charge on any atom is -0.466 e. The number of hydrogen-bond donors (Lipinski definition) is 3. The highest BCUT2D eigenvalue weighted by Gasteiger charge is 2.20. The molecule has 0 saturated heterocycles. The molecule has 0 aliphatic rings. The van der Waals surface area contributed by atoms with Crippen LogP contribution in [0.5, 0.6) is 0 Å². The van der Waals surface area contributed by atoms with Gasteiger partial charge in [-0.15, -0.1) is 0 Å². The Morgan fingerprint density at radius 2 is 0.723 bits per heavy atom. The second-order valence-corrected chi connectivity index (χ2v) is 20.3. The van der Waals surface area contributed by atoms with E-state index in [2.05, 4.69) is 31.3 Å². The van der Waals surface area contributed by atoms with Crippen LogP contribution in [0, 0.1) is 0 Å². The third-order valence-corrected chi connectivity index (χ3v) is 13.8. The predicted octanol–water partition coefficient (Wildman–Crippen LogP) is 18.1. The monoisotopic (exact) mass is 918 g/mol. The Bertz CT molecular complexity index is 970. The molecule has 2 unspecified atom stereocenters. The number of rotatable bonds is 55. The fourth-order valence-electron chi connectivity index (χ4n) is 9.28. The average molecular weight is 919 g/mol. The molecule has 0 radical (unpaired) electrons. The summed E-state index contributed by atoms with van der Waals surface area (Å²) >= 11 is 0. The van der Waals surface area contributed by atoms with E-state index in [1.54, 1.807) is 0 Å². The topological polar surface area (TPSA) is 95.9 Å². The van der Waals surface area contributed by atoms with Crippen LogP contribution in [-0.4, -0.2) is 47.4 Å². The van der Waals surface area contributed by atoms with Crippen LogP contribution < -0.4 is 5.32 Å². The molecule has 1 amide bonds. The van der Waals surface area contributed by atoms with E-state index in [4.69, 9.17) is 4.74 Å². The summed E-state index contributed by atoms with van der Waals surface area (Å²) in [4.78, 5) is 24.5. The van der Waals surface area contributed by atoms with E-state index in [0.29, 0.717) is 25.9 Å². The second-order valence-electron chi connectivity index (χ2n) is 20.3. The molecule has 0 aromatic rings. The SMILES string of the molecule is CCCCCCCCCCCCCCCCCCCCCC(=O)OCCCCCCCCCCC/C=C\CCCCCCCC(=O)NC(CO)C(O)CCCCCCCCCCCCC. The second kappa shape index (κ2) is 55.2. The largest absolute Gasteiger partial charge is 0.466 e. The van der Waals surface area contributed by atoms with Crippen molar-refractivity contribution >= 4 is 11.9 Å². The Labute approximate surface area is 406 Å². The van der Waals surface area contributed by atoms with Crippen molar-refractivity contribution in [2.24, 2.45) is 0 Å². The van der Waals surface area contributed by atoms with Crippen LogP contribution in [0.2, 0.25) is 0 Å². The Morgan fingerprint density at radius 3 is 1.09 bits per heavy atom. The molecule has 0 aromatic heterocycles. The van der Waals surface area contributed by atoms with Crippen molar-refractivity contribution in [3.63, 3.8) is 0 Å². The van der Waals surface area contributed by atoms with E-state index < -0.39 is 12.1 Å². The van der Waals surface area contributed by atoms with Crippen LogP contribution in [0.3, 0.4) is 0 Å². The Morgan fingerprint density at radius 1 is 0.415 bits per heavy atom. The van der Waals surface area contributed by atoms with Gasteiger partial charge in [0.15, 0.2) is 0 Å². The number of esters is 1. The standard InChI is InChI=1S/C59H115NO5/c1-3-5-7-9-11-13-15-16-17-18-19-23-26-29-33-37-41-45-49-53-59(64)65-54-50-46-42-38-34-30-27-24-21-20-22-25-28-32-36-40-44-48-52-58(63)60-56(55-61)57(62)51-47-43-39-35-31-14-12-10-8-6-4-2/h22,25,56-57,61-62H,3-21,23-24,26-55H2,1-2H3,(H,60,63)/b25-22-. The molecular weight excluding hydrogens is 803 g/mol. The minimum atomic E-state index is -0.670. The lowest BCUT2D eigenvalue weighted by Gasteiger charge is -2.22. The zero-order chi connectivity index (χ0) is 47.2. The summed E-state index contributed by atoms with van der Waals surface area (Å²) in [5.74, 6) is -0.0410. The molecule has 6 heteroatoms. The zero-order valence-corrected chi connectivity index (χ0v) is 44.0. The number of hydrogen-bond acceptors (Lipinski definition) is 5. The molecule has 386 valence electrons. The summed E-state index contributed by atoms with van der Waals surface area (Å²) in [5.41, 5.74) is 0. The van der Waals surface area contributed by atoms with Gasteiger partial charge < -0.3 is 20.3 Å². The summed E-state index contributed by atoms with van der Waals surface area (Å²) in [7, 11) is 0. The highest BCUT2D eigenvalue weighted by molar-refractivity contribution is 5.76. The van der Waals surface area contributed by atoms with Gasteiger partial charge in [0, 0.05) is 12.8 Å². The average Bonchev–Trinajstić information content (AvgIpc) is 3.31. The molecule has 0 aliphatic heterocycles. The van der Waals surface area contributed by atoms with E-state index in [1.165, 1.54) is 244 Å². The molecule has 3 N–H and O–H groups in total. The maximum atomic E-state index is 12.4. The van der Waals surface area contributed by atoms with Gasteiger partial charge in [0.2, 0.25) is 5.91 Å². The summed E-state index contributed by atoms with van der Waals surface area (Å²) in [6, 6.07) is -0.549. The van der Waals surface area contributed by atoms with Crippen LogP contribution in [-0.2, 0) is 14.3 Å². The van der Waals surface area contributed by atoms with Crippen molar-refractivity contribution in [2.45, 2.75) is 341 Å². The van der Waals surface area contributed by atoms with E-state index >= 15 is 0 Å². The van der Waals surface area contributed by atoms with Crippen molar-refractivity contribution in [1.29, 1.82) is 0 Å². The van der Waals surface area contributed by atoms with Gasteiger partial charge in [0.25, 0.3) is 0 Å². The van der Waals surface area contributed by atoms with Gasteiger partial charge in [-0.2, -0.15) is 0 Å². The Kier molecular flexibility index (Phi) is 54.0. The quantitative estimate of drug-likeness (QED) is 0.0321. The number of carbonyl (C=O) groups excluding carboxylic acids is 2. The van der Waals surface area contributed by atoms with Crippen molar-refractivity contribution in [3.05, 3.63) is 12.2 Å². The molecule has 0 spiro atoms. The predicted molar refractivity (Wildman–Crippen MR) is 283 cm³/mol. The first kappa shape index (κ1) is 63.6. The zero-order valence-electron chi connectivity index (χ0n) is 44.0. The first-order valence-corrected chi connectivity index (χ1v) is 29.4. The number of nitrogens with one attached hydrogen (secondary N) is 1. The van der Waals surface area contributed by atoms with Crippen LogP contribution in [0.15, 0.2) is 12.2 Å². The van der Waals surface area contributed by atoms with Gasteiger partial charge in [-0.05, 0) is 51.4 Å². The van der Waals surface area contributed by atoms with Gasteiger partial charge in [-0.25, -0.2) is 0 Å². The van der Waals surface area contributed by atoms with Crippen LogP contribution in [0.4, 0.5) is 0 Å².